The zero-order valence-corrected chi connectivity index (χ0v) is 24.0. The standard InChI is InChI=1S/C29H41F3O4S/c1-20(2)11-8-12-21(3)13-9-14-22(4)15-10-17-28(7)18-16-25-19-26(23(5)24(6)27(25)35-28)36-37(33,34)29(30,31)32/h11,13,15,19H,8-10,12,14,16-18H2,1-7H3/b21-13+,22-15+. The lowest BCUT2D eigenvalue weighted by Crippen LogP contribution is -2.36. The van der Waals surface area contributed by atoms with Crippen molar-refractivity contribution in [1.82, 2.24) is 0 Å². The van der Waals surface area contributed by atoms with E-state index in [1.165, 1.54) is 29.7 Å². The predicted octanol–water partition coefficient (Wildman–Crippen LogP) is 8.81. The van der Waals surface area contributed by atoms with E-state index >= 15 is 0 Å². The lowest BCUT2D eigenvalue weighted by Gasteiger charge is -2.37. The maximum absolute atomic E-state index is 12.8. The van der Waals surface area contributed by atoms with E-state index in [0.29, 0.717) is 35.3 Å². The Balaban J connectivity index is 1.99. The molecule has 4 nitrogen and oxygen atoms in total. The summed E-state index contributed by atoms with van der Waals surface area (Å²) in [5.41, 5.74) is -0.217. The number of allylic oxidation sites excluding steroid dienone is 6. The smallest absolute Gasteiger partial charge is 0.487 e. The van der Waals surface area contributed by atoms with Gasteiger partial charge in [0.25, 0.3) is 0 Å². The van der Waals surface area contributed by atoms with Crippen molar-refractivity contribution in [3.8, 4) is 11.5 Å². The Labute approximate surface area is 220 Å². The summed E-state index contributed by atoms with van der Waals surface area (Å²) in [4.78, 5) is 0. The highest BCUT2D eigenvalue weighted by Crippen LogP contribution is 2.43. The number of hydrogen-bond acceptors (Lipinski definition) is 4. The molecule has 0 saturated heterocycles. The molecular formula is C29H41F3O4S. The first-order valence-corrected chi connectivity index (χ1v) is 14.2. The zero-order chi connectivity index (χ0) is 28.0. The van der Waals surface area contributed by atoms with Crippen LogP contribution >= 0.6 is 0 Å². The Morgan fingerprint density at radius 3 is 2.14 bits per heavy atom. The summed E-state index contributed by atoms with van der Waals surface area (Å²) in [5, 5.41) is 0. The van der Waals surface area contributed by atoms with E-state index in [2.05, 4.69) is 50.1 Å². The Hall–Kier alpha value is -2.22. The molecule has 2 rings (SSSR count). The minimum Gasteiger partial charge on any atom is -0.487 e. The summed E-state index contributed by atoms with van der Waals surface area (Å²) < 4.78 is 72.2. The number of alkyl halides is 3. The molecule has 1 unspecified atom stereocenters. The van der Waals surface area contributed by atoms with Crippen LogP contribution in [0.4, 0.5) is 13.2 Å². The van der Waals surface area contributed by atoms with Gasteiger partial charge in [-0.3, -0.25) is 0 Å². The Bertz CT molecular complexity index is 1160. The van der Waals surface area contributed by atoms with Gasteiger partial charge >= 0.3 is 15.6 Å². The third-order valence-electron chi connectivity index (χ3n) is 6.91. The minimum absolute atomic E-state index is 0.305. The van der Waals surface area contributed by atoms with Crippen LogP contribution in [0.3, 0.4) is 0 Å². The highest BCUT2D eigenvalue weighted by Gasteiger charge is 2.49. The summed E-state index contributed by atoms with van der Waals surface area (Å²) >= 11 is 0. The molecule has 208 valence electrons. The maximum atomic E-state index is 12.8. The highest BCUT2D eigenvalue weighted by atomic mass is 32.2. The van der Waals surface area contributed by atoms with E-state index in [4.69, 9.17) is 4.74 Å². The van der Waals surface area contributed by atoms with Crippen LogP contribution in [0.5, 0.6) is 11.5 Å². The van der Waals surface area contributed by atoms with Gasteiger partial charge in [-0.2, -0.15) is 21.6 Å². The Kier molecular flexibility index (Phi) is 10.5. The van der Waals surface area contributed by atoms with E-state index in [1.807, 2.05) is 6.92 Å². The van der Waals surface area contributed by atoms with Crippen LogP contribution < -0.4 is 8.92 Å². The van der Waals surface area contributed by atoms with Crippen LogP contribution in [0.25, 0.3) is 0 Å². The van der Waals surface area contributed by atoms with Crippen LogP contribution in [-0.2, 0) is 16.5 Å². The fourth-order valence-electron chi connectivity index (χ4n) is 4.34. The van der Waals surface area contributed by atoms with Crippen LogP contribution in [0.1, 0.15) is 96.3 Å². The molecule has 1 atom stereocenters. The molecule has 37 heavy (non-hydrogen) atoms. The van der Waals surface area contributed by atoms with E-state index in [-0.39, 0.29) is 5.75 Å². The van der Waals surface area contributed by atoms with Crippen molar-refractivity contribution >= 4 is 10.1 Å². The topological polar surface area (TPSA) is 52.6 Å². The summed E-state index contributed by atoms with van der Waals surface area (Å²) in [6.07, 6.45) is 14.0. The molecule has 0 saturated carbocycles. The SMILES string of the molecule is CC(C)=CCC/C(C)=C/CC/C(C)=C/CCC1(C)CCc2cc(OS(=O)(=O)C(F)(F)F)c(C)c(C)c2O1. The first-order chi connectivity index (χ1) is 17.0. The number of fused-ring (bicyclic) bond motifs is 1. The molecule has 0 fully saturated rings. The molecule has 1 aromatic carbocycles. The van der Waals surface area contributed by atoms with Gasteiger partial charge in [-0.1, -0.05) is 34.9 Å². The van der Waals surface area contributed by atoms with E-state index < -0.39 is 21.2 Å². The predicted molar refractivity (Wildman–Crippen MR) is 144 cm³/mol. The monoisotopic (exact) mass is 542 g/mol. The first kappa shape index (κ1) is 31.0. The van der Waals surface area contributed by atoms with Gasteiger partial charge in [0.2, 0.25) is 0 Å². The van der Waals surface area contributed by atoms with Gasteiger partial charge in [0.15, 0.2) is 0 Å². The molecule has 0 amide bonds. The van der Waals surface area contributed by atoms with E-state index in [9.17, 15) is 21.6 Å². The van der Waals surface area contributed by atoms with Gasteiger partial charge < -0.3 is 8.92 Å². The van der Waals surface area contributed by atoms with Crippen molar-refractivity contribution in [2.24, 2.45) is 0 Å². The molecule has 1 aromatic rings. The second-order valence-corrected chi connectivity index (χ2v) is 12.2. The number of hydrogen-bond donors (Lipinski definition) is 0. The summed E-state index contributed by atoms with van der Waals surface area (Å²) in [7, 11) is -5.73. The zero-order valence-electron chi connectivity index (χ0n) is 23.1. The number of ether oxygens (including phenoxy) is 1. The van der Waals surface area contributed by atoms with E-state index in [1.54, 1.807) is 6.92 Å². The summed E-state index contributed by atoms with van der Waals surface area (Å²) in [5.74, 6) is 0.304. The van der Waals surface area contributed by atoms with Crippen molar-refractivity contribution in [3.63, 3.8) is 0 Å². The van der Waals surface area contributed by atoms with Gasteiger partial charge in [-0.05, 0) is 123 Å². The van der Waals surface area contributed by atoms with Gasteiger partial charge in [0, 0.05) is 0 Å². The van der Waals surface area contributed by atoms with Crippen molar-refractivity contribution < 1.29 is 30.5 Å². The van der Waals surface area contributed by atoms with Crippen LogP contribution in [0.2, 0.25) is 0 Å². The van der Waals surface area contributed by atoms with Crippen molar-refractivity contribution in [2.75, 3.05) is 0 Å². The molecule has 0 spiro atoms. The molecule has 1 aliphatic heterocycles. The van der Waals surface area contributed by atoms with Crippen molar-refractivity contribution in [1.29, 1.82) is 0 Å². The molecule has 1 aliphatic rings. The summed E-state index contributed by atoms with van der Waals surface area (Å²) in [6.45, 7) is 13.9. The molecule has 0 N–H and O–H groups in total. The second kappa shape index (κ2) is 12.5. The lowest BCUT2D eigenvalue weighted by atomic mass is 9.87. The average molecular weight is 543 g/mol. The molecule has 1 heterocycles. The number of halogens is 3. The second-order valence-electron chi connectivity index (χ2n) is 10.6. The Morgan fingerprint density at radius 1 is 1.00 bits per heavy atom. The van der Waals surface area contributed by atoms with Crippen molar-refractivity contribution in [3.05, 3.63) is 57.7 Å². The number of benzene rings is 1. The number of aryl methyl sites for hydroxylation is 1. The van der Waals surface area contributed by atoms with Gasteiger partial charge in [0.05, 0.1) is 0 Å². The molecule has 0 bridgehead atoms. The normalized spacial score (nSPS) is 18.8. The minimum atomic E-state index is -5.73. The van der Waals surface area contributed by atoms with E-state index in [0.717, 1.165) is 38.5 Å². The lowest BCUT2D eigenvalue weighted by molar-refractivity contribution is -0.0500. The number of rotatable bonds is 11. The van der Waals surface area contributed by atoms with Gasteiger partial charge in [0.1, 0.15) is 17.1 Å². The van der Waals surface area contributed by atoms with Crippen LogP contribution in [0, 0.1) is 13.8 Å². The average Bonchev–Trinajstić information content (AvgIpc) is 2.77. The maximum Gasteiger partial charge on any atom is 0.534 e. The van der Waals surface area contributed by atoms with Gasteiger partial charge in [-0.15, -0.1) is 0 Å². The molecule has 0 aliphatic carbocycles. The molecular weight excluding hydrogens is 501 g/mol. The largest absolute Gasteiger partial charge is 0.534 e. The Morgan fingerprint density at radius 2 is 1.57 bits per heavy atom. The third-order valence-corrected chi connectivity index (χ3v) is 7.88. The first-order valence-electron chi connectivity index (χ1n) is 12.8. The van der Waals surface area contributed by atoms with Crippen LogP contribution in [0.15, 0.2) is 41.0 Å². The van der Waals surface area contributed by atoms with Crippen LogP contribution in [-0.4, -0.2) is 19.5 Å². The van der Waals surface area contributed by atoms with Gasteiger partial charge in [-0.25, -0.2) is 0 Å². The quantitative estimate of drug-likeness (QED) is 0.159. The van der Waals surface area contributed by atoms with Crippen molar-refractivity contribution in [2.45, 2.75) is 111 Å². The highest BCUT2D eigenvalue weighted by molar-refractivity contribution is 7.88. The third kappa shape index (κ3) is 8.94. The fraction of sp³-hybridized carbons (Fsp3) is 0.586. The fourth-order valence-corrected chi connectivity index (χ4v) is 4.85. The molecule has 0 radical (unpaired) electrons. The molecule has 0 aromatic heterocycles. The molecule has 8 heteroatoms. The summed E-state index contributed by atoms with van der Waals surface area (Å²) in [6, 6.07) is 1.36.